The number of benzene rings is 9. The summed E-state index contributed by atoms with van der Waals surface area (Å²) in [6.45, 7) is 0. The van der Waals surface area contributed by atoms with Crippen molar-refractivity contribution >= 4 is 82.4 Å². The summed E-state index contributed by atoms with van der Waals surface area (Å²) < 4.78 is 8.68. The monoisotopic (exact) mass is 676 g/mol. The van der Waals surface area contributed by atoms with Crippen LogP contribution in [0.5, 0.6) is 0 Å². The second-order valence-electron chi connectivity index (χ2n) is 13.7. The third-order valence-electron chi connectivity index (χ3n) is 10.7. The van der Waals surface area contributed by atoms with Crippen LogP contribution < -0.4 is 4.90 Å². The second-order valence-corrected chi connectivity index (χ2v) is 13.7. The Morgan fingerprint density at radius 1 is 0.358 bits per heavy atom. The van der Waals surface area contributed by atoms with Crippen LogP contribution in [0.15, 0.2) is 199 Å². The van der Waals surface area contributed by atoms with E-state index in [1.54, 1.807) is 0 Å². The van der Waals surface area contributed by atoms with Crippen LogP contribution in [-0.4, -0.2) is 4.57 Å². The van der Waals surface area contributed by atoms with Gasteiger partial charge in [0.05, 0.1) is 11.0 Å². The molecule has 0 N–H and O–H groups in total. The SMILES string of the molecule is c1ccc(-c2cc3ccccc3c3cc(N(c4ccc5oc6ccccc6c5c4)c4ccc5c6ccccc6n(-c6ccccc6)c5c4)ccc23)cc1. The lowest BCUT2D eigenvalue weighted by Crippen LogP contribution is -2.10. The molecule has 0 saturated carbocycles. The molecular formula is C50H32N2O. The van der Waals surface area contributed by atoms with Gasteiger partial charge in [-0.05, 0) is 105 Å². The Bertz CT molecular complexity index is 3170. The topological polar surface area (TPSA) is 21.3 Å². The molecular weight excluding hydrogens is 645 g/mol. The van der Waals surface area contributed by atoms with E-state index in [0.29, 0.717) is 0 Å². The molecule has 53 heavy (non-hydrogen) atoms. The first-order chi connectivity index (χ1) is 26.3. The summed E-state index contributed by atoms with van der Waals surface area (Å²) in [4.78, 5) is 2.40. The highest BCUT2D eigenvalue weighted by Crippen LogP contribution is 2.44. The van der Waals surface area contributed by atoms with E-state index < -0.39 is 0 Å². The van der Waals surface area contributed by atoms with Gasteiger partial charge < -0.3 is 13.9 Å². The van der Waals surface area contributed by atoms with Crippen molar-refractivity contribution in [2.24, 2.45) is 0 Å². The van der Waals surface area contributed by atoms with Gasteiger partial charge in [-0.1, -0.05) is 121 Å². The molecule has 0 aliphatic carbocycles. The number of para-hydroxylation sites is 3. The molecule has 0 spiro atoms. The smallest absolute Gasteiger partial charge is 0.135 e. The van der Waals surface area contributed by atoms with Crippen LogP contribution in [0.3, 0.4) is 0 Å². The van der Waals surface area contributed by atoms with E-state index in [2.05, 4.69) is 191 Å². The maximum atomic E-state index is 6.29. The van der Waals surface area contributed by atoms with Crippen molar-refractivity contribution in [2.75, 3.05) is 4.90 Å². The summed E-state index contributed by atoms with van der Waals surface area (Å²) in [5.74, 6) is 0. The Balaban J connectivity index is 1.20. The highest BCUT2D eigenvalue weighted by molar-refractivity contribution is 6.16. The van der Waals surface area contributed by atoms with Gasteiger partial charge in [0.1, 0.15) is 11.2 Å². The van der Waals surface area contributed by atoms with Gasteiger partial charge in [-0.15, -0.1) is 0 Å². The summed E-state index contributed by atoms with van der Waals surface area (Å²) in [5.41, 5.74) is 10.9. The van der Waals surface area contributed by atoms with Crippen molar-refractivity contribution in [1.82, 2.24) is 4.57 Å². The molecule has 3 heteroatoms. The molecule has 9 aromatic carbocycles. The minimum absolute atomic E-state index is 0.881. The standard InChI is InChI=1S/C50H32N2O/c1-3-13-33(14-4-1)44-29-34-15-7-8-18-39(34)45-30-36(23-26-40(44)45)51(37-25-28-50-46(31-37)43-20-10-12-22-49(43)53-50)38-24-27-42-41-19-9-11-21-47(41)52(48(42)32-38)35-16-5-2-6-17-35/h1-32H. The molecule has 0 bridgehead atoms. The van der Waals surface area contributed by atoms with Crippen LogP contribution in [-0.2, 0) is 0 Å². The first-order valence-corrected chi connectivity index (χ1v) is 18.1. The number of rotatable bonds is 5. The number of aromatic nitrogens is 1. The quantitative estimate of drug-likeness (QED) is 0.169. The highest BCUT2D eigenvalue weighted by Gasteiger charge is 2.20. The summed E-state index contributed by atoms with van der Waals surface area (Å²) >= 11 is 0. The molecule has 2 heterocycles. The van der Waals surface area contributed by atoms with E-state index in [-0.39, 0.29) is 0 Å². The average molecular weight is 677 g/mol. The maximum absolute atomic E-state index is 6.29. The van der Waals surface area contributed by atoms with E-state index >= 15 is 0 Å². The van der Waals surface area contributed by atoms with Crippen molar-refractivity contribution in [3.8, 4) is 16.8 Å². The van der Waals surface area contributed by atoms with Gasteiger partial charge in [-0.3, -0.25) is 0 Å². The van der Waals surface area contributed by atoms with Gasteiger partial charge in [0.25, 0.3) is 0 Å². The third-order valence-corrected chi connectivity index (χ3v) is 10.7. The van der Waals surface area contributed by atoms with Gasteiger partial charge in [0, 0.05) is 44.3 Å². The zero-order valence-electron chi connectivity index (χ0n) is 28.8. The fourth-order valence-corrected chi connectivity index (χ4v) is 8.34. The number of nitrogens with zero attached hydrogens (tertiary/aromatic N) is 2. The second kappa shape index (κ2) is 11.7. The molecule has 0 aliphatic rings. The van der Waals surface area contributed by atoms with Crippen LogP contribution in [0, 0.1) is 0 Å². The number of fused-ring (bicyclic) bond motifs is 9. The fraction of sp³-hybridized carbons (Fsp3) is 0. The number of hydrogen-bond donors (Lipinski definition) is 0. The summed E-state index contributed by atoms with van der Waals surface area (Å²) in [5, 5.41) is 9.58. The Morgan fingerprint density at radius 2 is 0.943 bits per heavy atom. The van der Waals surface area contributed by atoms with Crippen LogP contribution >= 0.6 is 0 Å². The minimum Gasteiger partial charge on any atom is -0.456 e. The van der Waals surface area contributed by atoms with E-state index in [9.17, 15) is 0 Å². The largest absolute Gasteiger partial charge is 0.456 e. The Hall–Kier alpha value is -7.10. The van der Waals surface area contributed by atoms with E-state index in [1.807, 2.05) is 12.1 Å². The Kier molecular flexibility index (Phi) is 6.55. The fourth-order valence-electron chi connectivity index (χ4n) is 8.34. The summed E-state index contributed by atoms with van der Waals surface area (Å²) in [6.07, 6.45) is 0. The van der Waals surface area contributed by atoms with Crippen LogP contribution in [0.4, 0.5) is 17.1 Å². The molecule has 11 rings (SSSR count). The third kappa shape index (κ3) is 4.68. The predicted molar refractivity (Wildman–Crippen MR) is 223 cm³/mol. The molecule has 0 unspecified atom stereocenters. The molecule has 0 fully saturated rings. The van der Waals surface area contributed by atoms with Gasteiger partial charge in [0.2, 0.25) is 0 Å². The molecule has 0 aliphatic heterocycles. The average Bonchev–Trinajstić information content (AvgIpc) is 3.76. The van der Waals surface area contributed by atoms with Crippen molar-refractivity contribution in [2.45, 2.75) is 0 Å². The molecule has 11 aromatic rings. The highest BCUT2D eigenvalue weighted by atomic mass is 16.3. The van der Waals surface area contributed by atoms with Crippen molar-refractivity contribution in [1.29, 1.82) is 0 Å². The lowest BCUT2D eigenvalue weighted by atomic mass is 9.93. The van der Waals surface area contributed by atoms with Crippen LogP contribution in [0.25, 0.3) is 82.1 Å². The normalized spacial score (nSPS) is 11.8. The summed E-state index contributed by atoms with van der Waals surface area (Å²) in [7, 11) is 0. The lowest BCUT2D eigenvalue weighted by Gasteiger charge is -2.27. The van der Waals surface area contributed by atoms with Gasteiger partial charge in [-0.25, -0.2) is 0 Å². The minimum atomic E-state index is 0.881. The first-order valence-electron chi connectivity index (χ1n) is 18.1. The van der Waals surface area contributed by atoms with Crippen LogP contribution in [0.1, 0.15) is 0 Å². The van der Waals surface area contributed by atoms with Gasteiger partial charge >= 0.3 is 0 Å². The molecule has 0 radical (unpaired) electrons. The van der Waals surface area contributed by atoms with Crippen LogP contribution in [0.2, 0.25) is 0 Å². The van der Waals surface area contributed by atoms with Crippen molar-refractivity contribution in [3.63, 3.8) is 0 Å². The molecule has 248 valence electrons. The van der Waals surface area contributed by atoms with Gasteiger partial charge in [0.15, 0.2) is 0 Å². The molecule has 2 aromatic heterocycles. The zero-order chi connectivity index (χ0) is 34.9. The molecule has 0 atom stereocenters. The number of furan rings is 1. The predicted octanol–water partition coefficient (Wildman–Crippen LogP) is 14.1. The first kappa shape index (κ1) is 29.6. The number of hydrogen-bond acceptors (Lipinski definition) is 2. The van der Waals surface area contributed by atoms with Crippen molar-refractivity contribution in [3.05, 3.63) is 194 Å². The summed E-state index contributed by atoms with van der Waals surface area (Å²) in [6, 6.07) is 69.9. The van der Waals surface area contributed by atoms with E-state index in [1.165, 1.54) is 49.0 Å². The van der Waals surface area contributed by atoms with Crippen molar-refractivity contribution < 1.29 is 4.42 Å². The number of anilines is 3. The van der Waals surface area contributed by atoms with Gasteiger partial charge in [-0.2, -0.15) is 0 Å². The van der Waals surface area contributed by atoms with E-state index in [4.69, 9.17) is 4.42 Å². The Morgan fingerprint density at radius 3 is 1.77 bits per heavy atom. The molecule has 3 nitrogen and oxygen atoms in total. The lowest BCUT2D eigenvalue weighted by molar-refractivity contribution is 0.669. The molecule has 0 amide bonds. The maximum Gasteiger partial charge on any atom is 0.135 e. The Labute approximate surface area is 306 Å². The van der Waals surface area contributed by atoms with E-state index in [0.717, 1.165) is 50.2 Å². The molecule has 0 saturated heterocycles. The zero-order valence-corrected chi connectivity index (χ0v) is 28.8.